The summed E-state index contributed by atoms with van der Waals surface area (Å²) in [5.74, 6) is 0.144. The third-order valence-corrected chi connectivity index (χ3v) is 5.70. The molecule has 0 spiro atoms. The number of amides is 1. The summed E-state index contributed by atoms with van der Waals surface area (Å²) in [7, 11) is 0. The van der Waals surface area contributed by atoms with Crippen molar-refractivity contribution in [3.63, 3.8) is 0 Å². The first kappa shape index (κ1) is 16.1. The predicted molar refractivity (Wildman–Crippen MR) is 107 cm³/mol. The standard InChI is InChI=1S/C22H22N4O/c1-14-7-8-18-16(11-14)17-12-25(10-9-19(17)24-18)22(27)15(2)26-13-23-20-5-3-4-6-21(20)26/h3-8,11,13,15,24H,9-10,12H2,1-2H3/t15-/m1/s1. The Labute approximate surface area is 157 Å². The monoisotopic (exact) mass is 358 g/mol. The van der Waals surface area contributed by atoms with Gasteiger partial charge in [-0.05, 0) is 38.1 Å². The fourth-order valence-corrected chi connectivity index (χ4v) is 4.19. The molecule has 0 radical (unpaired) electrons. The molecule has 27 heavy (non-hydrogen) atoms. The van der Waals surface area contributed by atoms with E-state index in [1.807, 2.05) is 40.7 Å². The van der Waals surface area contributed by atoms with Gasteiger partial charge in [-0.15, -0.1) is 0 Å². The molecular weight excluding hydrogens is 336 g/mol. The molecule has 3 heterocycles. The van der Waals surface area contributed by atoms with Crippen LogP contribution in [0.25, 0.3) is 21.9 Å². The van der Waals surface area contributed by atoms with E-state index < -0.39 is 0 Å². The molecule has 136 valence electrons. The van der Waals surface area contributed by atoms with Crippen LogP contribution in [0.4, 0.5) is 0 Å². The minimum atomic E-state index is -0.272. The van der Waals surface area contributed by atoms with Crippen LogP contribution in [0, 0.1) is 6.92 Å². The van der Waals surface area contributed by atoms with Crippen LogP contribution in [-0.4, -0.2) is 31.9 Å². The fraction of sp³-hybridized carbons (Fsp3) is 0.273. The van der Waals surface area contributed by atoms with E-state index in [1.165, 1.54) is 22.2 Å². The number of hydrogen-bond donors (Lipinski definition) is 1. The van der Waals surface area contributed by atoms with Gasteiger partial charge in [-0.3, -0.25) is 4.79 Å². The number of aromatic nitrogens is 3. The summed E-state index contributed by atoms with van der Waals surface area (Å²) in [6, 6.07) is 14.1. The van der Waals surface area contributed by atoms with Crippen LogP contribution in [0.15, 0.2) is 48.8 Å². The van der Waals surface area contributed by atoms with Crippen molar-refractivity contribution in [2.45, 2.75) is 32.9 Å². The predicted octanol–water partition coefficient (Wildman–Crippen LogP) is 3.97. The Morgan fingerprint density at radius 2 is 2.07 bits per heavy atom. The Kier molecular flexibility index (Phi) is 3.57. The summed E-state index contributed by atoms with van der Waals surface area (Å²) >= 11 is 0. The molecule has 1 amide bonds. The minimum Gasteiger partial charge on any atom is -0.358 e. The van der Waals surface area contributed by atoms with Gasteiger partial charge >= 0.3 is 0 Å². The number of nitrogens with zero attached hydrogens (tertiary/aromatic N) is 3. The molecule has 0 fully saturated rings. The Morgan fingerprint density at radius 1 is 1.22 bits per heavy atom. The second-order valence-electron chi connectivity index (χ2n) is 7.46. The second kappa shape index (κ2) is 5.98. The molecular formula is C22H22N4O. The Balaban J connectivity index is 1.46. The molecule has 0 saturated carbocycles. The van der Waals surface area contributed by atoms with Gasteiger partial charge in [-0.2, -0.15) is 0 Å². The van der Waals surface area contributed by atoms with Crippen molar-refractivity contribution in [3.05, 3.63) is 65.6 Å². The molecule has 1 atom stereocenters. The zero-order valence-corrected chi connectivity index (χ0v) is 15.6. The molecule has 1 N–H and O–H groups in total. The van der Waals surface area contributed by atoms with Gasteiger partial charge in [0.15, 0.2) is 0 Å². The zero-order valence-electron chi connectivity index (χ0n) is 15.6. The number of fused-ring (bicyclic) bond motifs is 4. The highest BCUT2D eigenvalue weighted by Crippen LogP contribution is 2.30. The molecule has 2 aromatic heterocycles. The number of benzene rings is 2. The quantitative estimate of drug-likeness (QED) is 0.589. The molecule has 0 saturated heterocycles. The molecule has 5 nitrogen and oxygen atoms in total. The molecule has 1 aliphatic heterocycles. The van der Waals surface area contributed by atoms with E-state index in [1.54, 1.807) is 6.33 Å². The number of carbonyl (C=O) groups excluding carboxylic acids is 1. The molecule has 1 aliphatic rings. The van der Waals surface area contributed by atoms with E-state index in [2.05, 4.69) is 35.1 Å². The Bertz CT molecular complexity index is 1170. The maximum atomic E-state index is 13.2. The van der Waals surface area contributed by atoms with Crippen molar-refractivity contribution < 1.29 is 4.79 Å². The third kappa shape index (κ3) is 2.53. The molecule has 2 aromatic carbocycles. The molecule has 0 unspecified atom stereocenters. The van der Waals surface area contributed by atoms with Gasteiger partial charge in [0, 0.05) is 41.7 Å². The van der Waals surface area contributed by atoms with Crippen molar-refractivity contribution in [3.8, 4) is 0 Å². The lowest BCUT2D eigenvalue weighted by Gasteiger charge is -2.30. The molecule has 0 bridgehead atoms. The van der Waals surface area contributed by atoms with Gasteiger partial charge in [0.25, 0.3) is 0 Å². The number of nitrogens with one attached hydrogen (secondary N) is 1. The van der Waals surface area contributed by atoms with E-state index in [0.29, 0.717) is 6.54 Å². The normalized spacial score (nSPS) is 15.3. The number of para-hydroxylation sites is 2. The Morgan fingerprint density at radius 3 is 2.96 bits per heavy atom. The number of aromatic amines is 1. The highest BCUT2D eigenvalue weighted by molar-refractivity contribution is 5.88. The van der Waals surface area contributed by atoms with Crippen molar-refractivity contribution in [2.24, 2.45) is 0 Å². The number of carbonyl (C=O) groups is 1. The number of rotatable bonds is 2. The average molecular weight is 358 g/mol. The smallest absolute Gasteiger partial charge is 0.245 e. The van der Waals surface area contributed by atoms with E-state index in [-0.39, 0.29) is 11.9 Å². The van der Waals surface area contributed by atoms with Crippen molar-refractivity contribution in [1.82, 2.24) is 19.4 Å². The number of H-pyrrole nitrogens is 1. The zero-order chi connectivity index (χ0) is 18.5. The topological polar surface area (TPSA) is 53.9 Å². The first-order valence-electron chi connectivity index (χ1n) is 9.42. The summed E-state index contributed by atoms with van der Waals surface area (Å²) in [5.41, 5.74) is 6.85. The molecule has 4 aromatic rings. The third-order valence-electron chi connectivity index (χ3n) is 5.70. The van der Waals surface area contributed by atoms with Gasteiger partial charge < -0.3 is 14.5 Å². The molecule has 5 rings (SSSR count). The summed E-state index contributed by atoms with van der Waals surface area (Å²) in [5, 5.41) is 1.24. The number of hydrogen-bond acceptors (Lipinski definition) is 2. The van der Waals surface area contributed by atoms with E-state index in [9.17, 15) is 4.79 Å². The maximum Gasteiger partial charge on any atom is 0.245 e. The maximum absolute atomic E-state index is 13.2. The molecule has 5 heteroatoms. The van der Waals surface area contributed by atoms with Crippen LogP contribution in [0.3, 0.4) is 0 Å². The van der Waals surface area contributed by atoms with Crippen LogP contribution >= 0.6 is 0 Å². The first-order chi connectivity index (χ1) is 13.1. The second-order valence-corrected chi connectivity index (χ2v) is 7.46. The summed E-state index contributed by atoms with van der Waals surface area (Å²) in [4.78, 5) is 23.2. The summed E-state index contributed by atoms with van der Waals surface area (Å²) < 4.78 is 1.98. The van der Waals surface area contributed by atoms with Crippen LogP contribution in [-0.2, 0) is 17.8 Å². The van der Waals surface area contributed by atoms with E-state index in [4.69, 9.17) is 0 Å². The average Bonchev–Trinajstić information content (AvgIpc) is 3.27. The van der Waals surface area contributed by atoms with E-state index >= 15 is 0 Å². The van der Waals surface area contributed by atoms with Gasteiger partial charge in [-0.1, -0.05) is 23.8 Å². The van der Waals surface area contributed by atoms with Crippen molar-refractivity contribution >= 4 is 27.8 Å². The molecule has 0 aliphatic carbocycles. The summed E-state index contributed by atoms with van der Waals surface area (Å²) in [6.07, 6.45) is 2.64. The van der Waals surface area contributed by atoms with Gasteiger partial charge in [0.2, 0.25) is 5.91 Å². The first-order valence-corrected chi connectivity index (χ1v) is 9.42. The van der Waals surface area contributed by atoms with Crippen LogP contribution in [0.2, 0.25) is 0 Å². The van der Waals surface area contributed by atoms with Crippen LogP contribution in [0.5, 0.6) is 0 Å². The minimum absolute atomic E-state index is 0.144. The van der Waals surface area contributed by atoms with E-state index in [0.717, 1.165) is 29.5 Å². The highest BCUT2D eigenvalue weighted by Gasteiger charge is 2.28. The van der Waals surface area contributed by atoms with Crippen LogP contribution in [0.1, 0.15) is 29.8 Å². The Hall–Kier alpha value is -3.08. The lowest BCUT2D eigenvalue weighted by Crippen LogP contribution is -2.39. The number of imidazole rings is 1. The SMILES string of the molecule is Cc1ccc2[nH]c3c(c2c1)CN(C(=O)[C@@H](C)n1cnc2ccccc21)CC3. The number of aryl methyl sites for hydroxylation is 1. The highest BCUT2D eigenvalue weighted by atomic mass is 16.2. The lowest BCUT2D eigenvalue weighted by molar-refractivity contribution is -0.135. The lowest BCUT2D eigenvalue weighted by atomic mass is 10.0. The van der Waals surface area contributed by atoms with Gasteiger partial charge in [-0.25, -0.2) is 4.98 Å². The van der Waals surface area contributed by atoms with Crippen molar-refractivity contribution in [1.29, 1.82) is 0 Å². The van der Waals surface area contributed by atoms with Crippen LogP contribution < -0.4 is 0 Å². The van der Waals surface area contributed by atoms with Gasteiger partial charge in [0.05, 0.1) is 17.4 Å². The van der Waals surface area contributed by atoms with Gasteiger partial charge in [0.1, 0.15) is 6.04 Å². The summed E-state index contributed by atoms with van der Waals surface area (Å²) in [6.45, 7) is 5.48. The van der Waals surface area contributed by atoms with Crippen molar-refractivity contribution in [2.75, 3.05) is 6.54 Å². The fourth-order valence-electron chi connectivity index (χ4n) is 4.19. The largest absolute Gasteiger partial charge is 0.358 e.